The predicted octanol–water partition coefficient (Wildman–Crippen LogP) is 3.33. The van der Waals surface area contributed by atoms with Gasteiger partial charge < -0.3 is 15.8 Å². The number of aliphatic imine (C=N–C) groups is 1. The van der Waals surface area contributed by atoms with Gasteiger partial charge in [-0.3, -0.25) is 14.7 Å². The summed E-state index contributed by atoms with van der Waals surface area (Å²) in [5.74, 6) is 0.184. The number of carbonyl (C=O) groups excluding carboxylic acids is 1. The fourth-order valence-corrected chi connectivity index (χ4v) is 4.94. The second kappa shape index (κ2) is 9.38. The summed E-state index contributed by atoms with van der Waals surface area (Å²) in [4.78, 5) is 19.5. The number of ether oxygens (including phenoxy) is 1. The monoisotopic (exact) mass is 442 g/mol. The van der Waals surface area contributed by atoms with Crippen molar-refractivity contribution in [2.24, 2.45) is 10.7 Å². The maximum Gasteiger partial charge on any atom is 0.254 e. The van der Waals surface area contributed by atoms with Gasteiger partial charge >= 0.3 is 0 Å². The van der Waals surface area contributed by atoms with Gasteiger partial charge in [0.1, 0.15) is 11.9 Å². The van der Waals surface area contributed by atoms with E-state index >= 15 is 0 Å². The molecule has 1 amide bonds. The maximum absolute atomic E-state index is 14.6. The van der Waals surface area contributed by atoms with Crippen molar-refractivity contribution in [1.29, 1.82) is 0 Å². The highest BCUT2D eigenvalue weighted by Gasteiger charge is 2.33. The van der Waals surface area contributed by atoms with Crippen LogP contribution in [0.2, 0.25) is 0 Å². The first-order valence-corrected chi connectivity index (χ1v) is 11.4. The molecule has 1 saturated heterocycles. The Kier molecular flexibility index (Phi) is 6.60. The number of thioether (sulfide) groups is 1. The molecule has 0 radical (unpaired) electrons. The third-order valence-electron chi connectivity index (χ3n) is 5.70. The second-order valence-electron chi connectivity index (χ2n) is 8.09. The van der Waals surface area contributed by atoms with Crippen molar-refractivity contribution in [3.8, 4) is 0 Å². The Hall–Kier alpha value is -2.42. The average molecular weight is 443 g/mol. The van der Waals surface area contributed by atoms with Crippen LogP contribution < -0.4 is 11.1 Å². The molecule has 8 heteroatoms. The number of rotatable bonds is 5. The van der Waals surface area contributed by atoms with Crippen molar-refractivity contribution in [2.45, 2.75) is 31.5 Å². The van der Waals surface area contributed by atoms with E-state index < -0.39 is 11.6 Å². The topological polar surface area (TPSA) is 80.0 Å². The molecule has 0 aliphatic carbocycles. The molecule has 2 aliphatic heterocycles. The van der Waals surface area contributed by atoms with Crippen LogP contribution in [0.25, 0.3) is 0 Å². The Morgan fingerprint density at radius 2 is 2.16 bits per heavy atom. The van der Waals surface area contributed by atoms with Crippen LogP contribution in [0.15, 0.2) is 53.5 Å². The van der Waals surface area contributed by atoms with E-state index in [0.29, 0.717) is 36.0 Å². The smallest absolute Gasteiger partial charge is 0.254 e. The molecule has 6 nitrogen and oxygen atoms in total. The zero-order chi connectivity index (χ0) is 21.8. The normalized spacial score (nSPS) is 24.5. The van der Waals surface area contributed by atoms with E-state index in [1.165, 1.54) is 23.4 Å². The summed E-state index contributed by atoms with van der Waals surface area (Å²) in [7, 11) is 0. The lowest BCUT2D eigenvalue weighted by Crippen LogP contribution is -2.47. The lowest BCUT2D eigenvalue weighted by Gasteiger charge is -2.32. The summed E-state index contributed by atoms with van der Waals surface area (Å²) >= 11 is 1.47. The first kappa shape index (κ1) is 21.8. The molecular formula is C23H27FN4O2S. The molecule has 2 aromatic rings. The summed E-state index contributed by atoms with van der Waals surface area (Å²) in [6.07, 6.45) is 0.0913. The van der Waals surface area contributed by atoms with Crippen LogP contribution in [0.3, 0.4) is 0 Å². The minimum absolute atomic E-state index is 0.234. The SMILES string of the molecule is CC1(c2cc(NC(=O)C3CN(Cc4ccccc4)CCO3)ccc2F)CCSC(N)=N1. The van der Waals surface area contributed by atoms with E-state index in [1.54, 1.807) is 12.1 Å². The van der Waals surface area contributed by atoms with Crippen LogP contribution in [0.4, 0.5) is 10.1 Å². The van der Waals surface area contributed by atoms with Crippen LogP contribution in [0.1, 0.15) is 24.5 Å². The third-order valence-corrected chi connectivity index (χ3v) is 6.50. The van der Waals surface area contributed by atoms with E-state index in [2.05, 4.69) is 27.3 Å². The van der Waals surface area contributed by atoms with Gasteiger partial charge in [0.05, 0.1) is 12.1 Å². The van der Waals surface area contributed by atoms with E-state index in [9.17, 15) is 9.18 Å². The number of carbonyl (C=O) groups is 1. The van der Waals surface area contributed by atoms with Crippen LogP contribution in [-0.4, -0.2) is 47.5 Å². The molecule has 3 N–H and O–H groups in total. The molecule has 2 aromatic carbocycles. The number of amides is 1. The van der Waals surface area contributed by atoms with Crippen molar-refractivity contribution in [3.63, 3.8) is 0 Å². The second-order valence-corrected chi connectivity index (χ2v) is 9.20. The molecule has 2 unspecified atom stereocenters. The van der Waals surface area contributed by atoms with Gasteiger partial charge in [0, 0.05) is 36.6 Å². The van der Waals surface area contributed by atoms with Crippen LogP contribution in [0, 0.1) is 5.82 Å². The first-order chi connectivity index (χ1) is 14.9. The molecule has 0 bridgehead atoms. The summed E-state index contributed by atoms with van der Waals surface area (Å²) in [5.41, 5.74) is 7.30. The summed E-state index contributed by atoms with van der Waals surface area (Å²) in [5, 5.41) is 3.34. The number of nitrogens with two attached hydrogens (primary N) is 1. The van der Waals surface area contributed by atoms with Crippen LogP contribution in [0.5, 0.6) is 0 Å². The molecule has 2 atom stereocenters. The van der Waals surface area contributed by atoms with Gasteiger partial charge in [-0.1, -0.05) is 42.1 Å². The minimum Gasteiger partial charge on any atom is -0.379 e. The van der Waals surface area contributed by atoms with Crippen molar-refractivity contribution < 1.29 is 13.9 Å². The Morgan fingerprint density at radius 1 is 1.35 bits per heavy atom. The zero-order valence-corrected chi connectivity index (χ0v) is 18.3. The van der Waals surface area contributed by atoms with Crippen molar-refractivity contribution in [3.05, 3.63) is 65.5 Å². The van der Waals surface area contributed by atoms with Crippen molar-refractivity contribution in [2.75, 3.05) is 30.8 Å². The fourth-order valence-electron chi connectivity index (χ4n) is 3.97. The molecule has 0 aromatic heterocycles. The number of anilines is 1. The molecule has 2 aliphatic rings. The minimum atomic E-state index is -0.742. The van der Waals surface area contributed by atoms with Gasteiger partial charge in [0.25, 0.3) is 5.91 Å². The Balaban J connectivity index is 1.44. The lowest BCUT2D eigenvalue weighted by molar-refractivity contribution is -0.133. The van der Waals surface area contributed by atoms with Crippen molar-refractivity contribution in [1.82, 2.24) is 4.90 Å². The van der Waals surface area contributed by atoms with Gasteiger partial charge in [-0.2, -0.15) is 0 Å². The molecule has 4 rings (SSSR count). The number of halogens is 1. The molecule has 0 saturated carbocycles. The first-order valence-electron chi connectivity index (χ1n) is 10.4. The van der Waals surface area contributed by atoms with Gasteiger partial charge in [0.15, 0.2) is 5.17 Å². The predicted molar refractivity (Wildman–Crippen MR) is 123 cm³/mol. The molecule has 31 heavy (non-hydrogen) atoms. The van der Waals surface area contributed by atoms with Gasteiger partial charge in [-0.25, -0.2) is 4.39 Å². The highest BCUT2D eigenvalue weighted by atomic mass is 32.2. The Labute approximate surface area is 186 Å². The molecular weight excluding hydrogens is 415 g/mol. The fraction of sp³-hybridized carbons (Fsp3) is 0.391. The molecule has 0 spiro atoms. The molecule has 2 heterocycles. The van der Waals surface area contributed by atoms with E-state index in [1.807, 2.05) is 25.1 Å². The van der Waals surface area contributed by atoms with Crippen LogP contribution >= 0.6 is 11.8 Å². The number of morpholine rings is 1. The van der Waals surface area contributed by atoms with Crippen molar-refractivity contribution >= 4 is 28.5 Å². The summed E-state index contributed by atoms with van der Waals surface area (Å²) < 4.78 is 20.3. The van der Waals surface area contributed by atoms with E-state index in [-0.39, 0.29) is 11.7 Å². The summed E-state index contributed by atoms with van der Waals surface area (Å²) in [6.45, 7) is 4.41. The van der Waals surface area contributed by atoms with Gasteiger partial charge in [0.2, 0.25) is 0 Å². The number of nitrogens with zero attached hydrogens (tertiary/aromatic N) is 2. The number of nitrogens with one attached hydrogen (secondary N) is 1. The molecule has 164 valence electrons. The average Bonchev–Trinajstić information content (AvgIpc) is 2.76. The highest BCUT2D eigenvalue weighted by molar-refractivity contribution is 8.13. The van der Waals surface area contributed by atoms with Gasteiger partial charge in [-0.05, 0) is 37.1 Å². The highest BCUT2D eigenvalue weighted by Crippen LogP contribution is 2.37. The largest absolute Gasteiger partial charge is 0.379 e. The third kappa shape index (κ3) is 5.26. The standard InChI is InChI=1S/C23H27FN4O2S/c1-23(9-12-31-22(25)27-23)18-13-17(7-8-19(18)24)26-21(29)20-15-28(10-11-30-20)14-16-5-3-2-4-6-16/h2-8,13,20H,9-12,14-15H2,1H3,(H2,25,27)(H,26,29). The van der Waals surface area contributed by atoms with Gasteiger partial charge in [-0.15, -0.1) is 0 Å². The lowest BCUT2D eigenvalue weighted by atomic mass is 9.89. The zero-order valence-electron chi connectivity index (χ0n) is 17.5. The van der Waals surface area contributed by atoms with Crippen LogP contribution in [-0.2, 0) is 21.6 Å². The Morgan fingerprint density at radius 3 is 2.94 bits per heavy atom. The number of amidine groups is 1. The number of hydrogen-bond donors (Lipinski definition) is 2. The molecule has 1 fully saturated rings. The van der Waals surface area contributed by atoms with E-state index in [4.69, 9.17) is 10.5 Å². The van der Waals surface area contributed by atoms with E-state index in [0.717, 1.165) is 18.8 Å². The number of hydrogen-bond acceptors (Lipinski definition) is 6. The Bertz CT molecular complexity index is 971. The number of benzene rings is 2. The quantitative estimate of drug-likeness (QED) is 0.743. The summed E-state index contributed by atoms with van der Waals surface area (Å²) in [6, 6.07) is 14.7. The maximum atomic E-state index is 14.6.